The minimum absolute atomic E-state index is 0.112. The number of hydrogen-bond acceptors (Lipinski definition) is 3. The summed E-state index contributed by atoms with van der Waals surface area (Å²) >= 11 is 0. The van der Waals surface area contributed by atoms with E-state index < -0.39 is 6.04 Å². The minimum atomic E-state index is -0.487. The zero-order valence-corrected chi connectivity index (χ0v) is 7.16. The number of carbonyl (C=O) groups is 1. The van der Waals surface area contributed by atoms with Crippen LogP contribution in [0.2, 0.25) is 0 Å². The van der Waals surface area contributed by atoms with Crippen molar-refractivity contribution in [3.8, 4) is 6.07 Å². The Morgan fingerprint density at radius 2 is 2.50 bits per heavy atom. The molecule has 2 N–H and O–H groups in total. The van der Waals surface area contributed by atoms with Crippen LogP contribution < -0.4 is 5.73 Å². The standard InChI is InChI=1S/C8H13N3O/c1-6(10)8(12)11-4-2-3-7(11)5-9/h6-7H,2-4,10H2,1H3/t6-,7-/m0/s1. The van der Waals surface area contributed by atoms with E-state index >= 15 is 0 Å². The SMILES string of the molecule is C[C@H](N)C(=O)N1CCC[C@H]1C#N. The van der Waals surface area contributed by atoms with Crippen LogP contribution in [-0.4, -0.2) is 29.4 Å². The van der Waals surface area contributed by atoms with Crippen LogP contribution in [0.3, 0.4) is 0 Å². The van der Waals surface area contributed by atoms with Crippen LogP contribution >= 0.6 is 0 Å². The summed E-state index contributed by atoms with van der Waals surface area (Å²) in [6.45, 7) is 2.33. The molecule has 1 aliphatic rings. The Labute approximate surface area is 71.9 Å². The molecule has 1 rings (SSSR count). The van der Waals surface area contributed by atoms with E-state index in [-0.39, 0.29) is 11.9 Å². The molecule has 0 spiro atoms. The maximum atomic E-state index is 11.4. The lowest BCUT2D eigenvalue weighted by molar-refractivity contribution is -0.132. The molecule has 0 aliphatic carbocycles. The van der Waals surface area contributed by atoms with Crippen molar-refractivity contribution in [3.05, 3.63) is 0 Å². The van der Waals surface area contributed by atoms with Gasteiger partial charge in [-0.1, -0.05) is 0 Å². The summed E-state index contributed by atoms with van der Waals surface area (Å²) in [4.78, 5) is 12.9. The molecule has 1 aliphatic heterocycles. The fraction of sp³-hybridized carbons (Fsp3) is 0.750. The van der Waals surface area contributed by atoms with Gasteiger partial charge in [-0.3, -0.25) is 4.79 Å². The third-order valence-corrected chi connectivity index (χ3v) is 2.07. The fourth-order valence-electron chi connectivity index (χ4n) is 1.43. The predicted octanol–water partition coefficient (Wildman–Crippen LogP) is -0.152. The highest BCUT2D eigenvalue weighted by Gasteiger charge is 2.29. The third kappa shape index (κ3) is 1.56. The summed E-state index contributed by atoms with van der Waals surface area (Å²) < 4.78 is 0. The molecule has 1 fully saturated rings. The van der Waals surface area contributed by atoms with E-state index in [4.69, 9.17) is 11.0 Å². The Balaban J connectivity index is 2.63. The van der Waals surface area contributed by atoms with Gasteiger partial charge in [0.2, 0.25) is 5.91 Å². The molecule has 0 saturated carbocycles. The van der Waals surface area contributed by atoms with Gasteiger partial charge in [-0.2, -0.15) is 5.26 Å². The molecule has 2 atom stereocenters. The van der Waals surface area contributed by atoms with Crippen LogP contribution in [0.15, 0.2) is 0 Å². The van der Waals surface area contributed by atoms with E-state index in [9.17, 15) is 4.79 Å². The number of nitrogens with two attached hydrogens (primary N) is 1. The summed E-state index contributed by atoms with van der Waals surface area (Å²) in [5, 5.41) is 8.68. The molecule has 0 aromatic carbocycles. The number of hydrogen-bond donors (Lipinski definition) is 1. The Morgan fingerprint density at radius 1 is 1.83 bits per heavy atom. The van der Waals surface area contributed by atoms with Gasteiger partial charge in [0.15, 0.2) is 0 Å². The number of rotatable bonds is 1. The van der Waals surface area contributed by atoms with Gasteiger partial charge in [-0.25, -0.2) is 0 Å². The second-order valence-corrected chi connectivity index (χ2v) is 3.11. The molecular formula is C8H13N3O. The van der Waals surface area contributed by atoms with Gasteiger partial charge in [-0.15, -0.1) is 0 Å². The lowest BCUT2D eigenvalue weighted by Gasteiger charge is -2.21. The topological polar surface area (TPSA) is 70.1 Å². The van der Waals surface area contributed by atoms with Crippen molar-refractivity contribution in [2.75, 3.05) is 6.54 Å². The van der Waals surface area contributed by atoms with E-state index in [1.165, 1.54) is 0 Å². The molecule has 1 heterocycles. The molecule has 4 nitrogen and oxygen atoms in total. The number of amides is 1. The van der Waals surface area contributed by atoms with E-state index in [0.29, 0.717) is 6.54 Å². The number of nitrogens with zero attached hydrogens (tertiary/aromatic N) is 2. The Kier molecular flexibility index (Phi) is 2.66. The number of likely N-dealkylation sites (tertiary alicyclic amines) is 1. The second kappa shape index (κ2) is 3.55. The highest BCUT2D eigenvalue weighted by atomic mass is 16.2. The molecule has 66 valence electrons. The van der Waals surface area contributed by atoms with Crippen LogP contribution in [0.1, 0.15) is 19.8 Å². The third-order valence-electron chi connectivity index (χ3n) is 2.07. The summed E-state index contributed by atoms with van der Waals surface area (Å²) in [5.41, 5.74) is 5.43. The van der Waals surface area contributed by atoms with Crippen LogP contribution in [0.4, 0.5) is 0 Å². The quantitative estimate of drug-likeness (QED) is 0.590. The lowest BCUT2D eigenvalue weighted by Crippen LogP contribution is -2.44. The van der Waals surface area contributed by atoms with Crippen molar-refractivity contribution in [3.63, 3.8) is 0 Å². The van der Waals surface area contributed by atoms with E-state index in [1.54, 1.807) is 11.8 Å². The zero-order chi connectivity index (χ0) is 9.14. The first-order valence-corrected chi connectivity index (χ1v) is 4.12. The molecule has 0 aromatic heterocycles. The lowest BCUT2D eigenvalue weighted by atomic mass is 10.2. The Bertz CT molecular complexity index is 219. The number of nitriles is 1. The van der Waals surface area contributed by atoms with Gasteiger partial charge in [0.1, 0.15) is 6.04 Å². The van der Waals surface area contributed by atoms with Gasteiger partial charge in [0.25, 0.3) is 0 Å². The van der Waals surface area contributed by atoms with Gasteiger partial charge in [0, 0.05) is 6.54 Å². The minimum Gasteiger partial charge on any atom is -0.325 e. The summed E-state index contributed by atoms with van der Waals surface area (Å²) in [6, 6.07) is 1.37. The van der Waals surface area contributed by atoms with Gasteiger partial charge >= 0.3 is 0 Å². The largest absolute Gasteiger partial charge is 0.325 e. The van der Waals surface area contributed by atoms with Crippen molar-refractivity contribution in [1.29, 1.82) is 5.26 Å². The van der Waals surface area contributed by atoms with Crippen LogP contribution in [-0.2, 0) is 4.79 Å². The molecular weight excluding hydrogens is 154 g/mol. The van der Waals surface area contributed by atoms with E-state index in [1.807, 2.05) is 0 Å². The first kappa shape index (κ1) is 9.01. The predicted molar refractivity (Wildman–Crippen MR) is 44.0 cm³/mol. The fourth-order valence-corrected chi connectivity index (χ4v) is 1.43. The summed E-state index contributed by atoms with van der Waals surface area (Å²) in [5.74, 6) is -0.112. The Morgan fingerprint density at radius 3 is 3.00 bits per heavy atom. The Hall–Kier alpha value is -1.08. The van der Waals surface area contributed by atoms with Crippen molar-refractivity contribution < 1.29 is 4.79 Å². The van der Waals surface area contributed by atoms with Crippen molar-refractivity contribution >= 4 is 5.91 Å². The van der Waals surface area contributed by atoms with Crippen molar-refractivity contribution in [2.24, 2.45) is 5.73 Å². The first-order chi connectivity index (χ1) is 5.66. The van der Waals surface area contributed by atoms with Gasteiger partial charge in [0.05, 0.1) is 12.1 Å². The molecule has 12 heavy (non-hydrogen) atoms. The highest BCUT2D eigenvalue weighted by molar-refractivity contribution is 5.82. The highest BCUT2D eigenvalue weighted by Crippen LogP contribution is 2.16. The first-order valence-electron chi connectivity index (χ1n) is 4.12. The smallest absolute Gasteiger partial charge is 0.240 e. The van der Waals surface area contributed by atoms with E-state index in [2.05, 4.69) is 6.07 Å². The summed E-state index contributed by atoms with van der Waals surface area (Å²) in [6.07, 6.45) is 1.70. The van der Waals surface area contributed by atoms with Gasteiger partial charge < -0.3 is 10.6 Å². The molecule has 0 bridgehead atoms. The molecule has 0 unspecified atom stereocenters. The van der Waals surface area contributed by atoms with Crippen molar-refractivity contribution in [2.45, 2.75) is 31.8 Å². The molecule has 1 amide bonds. The van der Waals surface area contributed by atoms with Crippen LogP contribution in [0.25, 0.3) is 0 Å². The monoisotopic (exact) mass is 167 g/mol. The molecule has 1 saturated heterocycles. The van der Waals surface area contributed by atoms with Gasteiger partial charge in [-0.05, 0) is 19.8 Å². The average Bonchev–Trinajstić information content (AvgIpc) is 2.49. The number of carbonyl (C=O) groups excluding carboxylic acids is 1. The van der Waals surface area contributed by atoms with E-state index in [0.717, 1.165) is 12.8 Å². The average molecular weight is 167 g/mol. The van der Waals surface area contributed by atoms with Crippen LogP contribution in [0, 0.1) is 11.3 Å². The summed E-state index contributed by atoms with van der Waals surface area (Å²) in [7, 11) is 0. The van der Waals surface area contributed by atoms with Crippen molar-refractivity contribution in [1.82, 2.24) is 4.90 Å². The molecule has 0 radical (unpaired) electrons. The van der Waals surface area contributed by atoms with Crippen LogP contribution in [0.5, 0.6) is 0 Å². The molecule has 4 heteroatoms. The second-order valence-electron chi connectivity index (χ2n) is 3.11. The maximum absolute atomic E-state index is 11.4. The zero-order valence-electron chi connectivity index (χ0n) is 7.16. The maximum Gasteiger partial charge on any atom is 0.240 e. The molecule has 0 aromatic rings. The normalized spacial score (nSPS) is 25.1.